The van der Waals surface area contributed by atoms with E-state index in [9.17, 15) is 23.7 Å². The van der Waals surface area contributed by atoms with E-state index in [-0.39, 0.29) is 0 Å². The number of carboxylic acid groups (broad SMARTS) is 1. The Balaban J connectivity index is 3.52. The number of carboxylic acids is 1. The van der Waals surface area contributed by atoms with Crippen LogP contribution in [0, 0.1) is 21.4 Å². The molecule has 0 bridgehead atoms. The Labute approximate surface area is 98.4 Å². The number of alkyl halides is 2. The average molecular weight is 257 g/mol. The van der Waals surface area contributed by atoms with E-state index >= 15 is 0 Å². The minimum atomic E-state index is -3.20. The molecule has 0 saturated carbocycles. The zero-order valence-electron chi connectivity index (χ0n) is 8.63. The van der Waals surface area contributed by atoms with Gasteiger partial charge in [0.25, 0.3) is 0 Å². The lowest BCUT2D eigenvalue weighted by Gasteiger charge is -2.04. The van der Waals surface area contributed by atoms with E-state index in [0.29, 0.717) is 6.07 Å². The van der Waals surface area contributed by atoms with Gasteiger partial charge in [0, 0.05) is 5.56 Å². The molecule has 0 aliphatic heterocycles. The van der Waals surface area contributed by atoms with Crippen molar-refractivity contribution in [3.8, 4) is 6.07 Å². The van der Waals surface area contributed by atoms with Crippen LogP contribution < -0.4 is 0 Å². The van der Waals surface area contributed by atoms with Crippen LogP contribution in [-0.2, 0) is 11.2 Å². The minimum absolute atomic E-state index is 0.491. The molecular formula is C9H5F2N3O4. The molecule has 18 heavy (non-hydrogen) atoms. The largest absolute Gasteiger partial charge is 0.481 e. The third kappa shape index (κ3) is 2.73. The Morgan fingerprint density at radius 1 is 1.67 bits per heavy atom. The summed E-state index contributed by atoms with van der Waals surface area (Å²) < 4.78 is 25.3. The molecule has 0 atom stereocenters. The second-order valence-electron chi connectivity index (χ2n) is 3.13. The molecule has 1 heterocycles. The van der Waals surface area contributed by atoms with Gasteiger partial charge in [-0.2, -0.15) is 5.26 Å². The van der Waals surface area contributed by atoms with Crippen molar-refractivity contribution in [3.63, 3.8) is 0 Å². The molecule has 1 aromatic rings. The van der Waals surface area contributed by atoms with Crippen molar-refractivity contribution in [1.82, 2.24) is 4.98 Å². The van der Waals surface area contributed by atoms with Crippen molar-refractivity contribution >= 4 is 11.8 Å². The van der Waals surface area contributed by atoms with Gasteiger partial charge >= 0.3 is 18.2 Å². The standard InChI is InChI=1S/C9H5F2N3O4/c10-9(11)8-5(2-7(15)16)4(3-12)1-6(13-8)14(17)18/h1,9H,2H2,(H,15,16). The van der Waals surface area contributed by atoms with Gasteiger partial charge in [0.15, 0.2) is 0 Å². The molecule has 0 unspecified atom stereocenters. The number of aromatic nitrogens is 1. The van der Waals surface area contributed by atoms with Gasteiger partial charge < -0.3 is 15.2 Å². The number of rotatable bonds is 4. The van der Waals surface area contributed by atoms with Crippen molar-refractivity contribution < 1.29 is 23.6 Å². The second kappa shape index (κ2) is 5.13. The normalized spacial score (nSPS) is 10.1. The van der Waals surface area contributed by atoms with Crippen LogP contribution in [0.2, 0.25) is 0 Å². The summed E-state index contributed by atoms with van der Waals surface area (Å²) in [5.74, 6) is -2.36. The number of carbonyl (C=O) groups is 1. The van der Waals surface area contributed by atoms with Gasteiger partial charge in [-0.3, -0.25) is 4.79 Å². The number of nitrogens with zero attached hydrogens (tertiary/aromatic N) is 3. The van der Waals surface area contributed by atoms with E-state index in [1.165, 1.54) is 6.07 Å². The Hall–Kier alpha value is -2.63. The average Bonchev–Trinajstić information content (AvgIpc) is 2.27. The maximum atomic E-state index is 12.7. The van der Waals surface area contributed by atoms with Gasteiger partial charge in [-0.1, -0.05) is 0 Å². The molecule has 94 valence electrons. The van der Waals surface area contributed by atoms with Crippen LogP contribution in [-0.4, -0.2) is 21.0 Å². The highest BCUT2D eigenvalue weighted by molar-refractivity contribution is 5.72. The Bertz CT molecular complexity index is 553. The molecule has 0 fully saturated rings. The first-order chi connectivity index (χ1) is 8.36. The maximum absolute atomic E-state index is 12.7. The summed E-state index contributed by atoms with van der Waals surface area (Å²) in [6.45, 7) is 0. The summed E-state index contributed by atoms with van der Waals surface area (Å²) in [5, 5.41) is 27.7. The van der Waals surface area contributed by atoms with Gasteiger partial charge in [0.05, 0.1) is 24.1 Å². The van der Waals surface area contributed by atoms with Crippen LogP contribution in [0.25, 0.3) is 0 Å². The van der Waals surface area contributed by atoms with E-state index in [2.05, 4.69) is 4.98 Å². The maximum Gasteiger partial charge on any atom is 0.365 e. The molecule has 7 nitrogen and oxygen atoms in total. The fraction of sp³-hybridized carbons (Fsp3) is 0.222. The Kier molecular flexibility index (Phi) is 3.83. The molecule has 1 aromatic heterocycles. The van der Waals surface area contributed by atoms with Crippen LogP contribution >= 0.6 is 0 Å². The van der Waals surface area contributed by atoms with E-state index in [4.69, 9.17) is 10.4 Å². The Morgan fingerprint density at radius 2 is 2.28 bits per heavy atom. The highest BCUT2D eigenvalue weighted by Crippen LogP contribution is 2.27. The van der Waals surface area contributed by atoms with Crippen molar-refractivity contribution in [1.29, 1.82) is 5.26 Å². The van der Waals surface area contributed by atoms with Gasteiger partial charge in [-0.15, -0.1) is 0 Å². The first-order valence-electron chi connectivity index (χ1n) is 4.45. The Morgan fingerprint density at radius 3 is 2.67 bits per heavy atom. The predicted octanol–water partition coefficient (Wildman–Crippen LogP) is 1.43. The summed E-state index contributed by atoms with van der Waals surface area (Å²) in [6, 6.07) is 2.12. The van der Waals surface area contributed by atoms with Gasteiger partial charge in [-0.05, 0) is 9.91 Å². The molecule has 0 amide bonds. The van der Waals surface area contributed by atoms with E-state index in [1.54, 1.807) is 0 Å². The summed E-state index contributed by atoms with van der Waals surface area (Å²) in [5.41, 5.74) is -2.05. The van der Waals surface area contributed by atoms with Crippen molar-refractivity contribution in [2.45, 2.75) is 12.8 Å². The third-order valence-electron chi connectivity index (χ3n) is 1.98. The quantitative estimate of drug-likeness (QED) is 0.643. The second-order valence-corrected chi connectivity index (χ2v) is 3.13. The fourth-order valence-corrected chi connectivity index (χ4v) is 1.29. The number of nitro groups is 1. The van der Waals surface area contributed by atoms with E-state index in [1.807, 2.05) is 0 Å². The topological polar surface area (TPSA) is 117 Å². The molecule has 1 rings (SSSR count). The lowest BCUT2D eigenvalue weighted by atomic mass is 10.0. The molecule has 1 N–H and O–H groups in total. The lowest BCUT2D eigenvalue weighted by Crippen LogP contribution is -2.10. The fourth-order valence-electron chi connectivity index (χ4n) is 1.29. The zero-order valence-corrected chi connectivity index (χ0v) is 8.63. The van der Waals surface area contributed by atoms with Crippen LogP contribution in [0.5, 0.6) is 0 Å². The first-order valence-corrected chi connectivity index (χ1v) is 4.45. The zero-order chi connectivity index (χ0) is 13.9. The predicted molar refractivity (Wildman–Crippen MR) is 51.9 cm³/mol. The summed E-state index contributed by atoms with van der Waals surface area (Å²) in [6.07, 6.45) is -4.06. The number of aliphatic carboxylic acids is 1. The molecule has 0 saturated heterocycles. The first kappa shape index (κ1) is 13.4. The molecule has 0 spiro atoms. The molecule has 9 heteroatoms. The van der Waals surface area contributed by atoms with E-state index < -0.39 is 46.4 Å². The van der Waals surface area contributed by atoms with Gasteiger partial charge in [0.2, 0.25) is 5.69 Å². The summed E-state index contributed by atoms with van der Waals surface area (Å²) >= 11 is 0. The van der Waals surface area contributed by atoms with Crippen molar-refractivity contribution in [2.24, 2.45) is 0 Å². The van der Waals surface area contributed by atoms with E-state index in [0.717, 1.165) is 0 Å². The molecular weight excluding hydrogens is 252 g/mol. The highest BCUT2D eigenvalue weighted by Gasteiger charge is 2.28. The van der Waals surface area contributed by atoms with Crippen molar-refractivity contribution in [3.05, 3.63) is 33.0 Å². The molecule has 0 radical (unpaired) electrons. The monoisotopic (exact) mass is 257 g/mol. The molecule has 0 aliphatic carbocycles. The van der Waals surface area contributed by atoms with Crippen molar-refractivity contribution in [2.75, 3.05) is 0 Å². The lowest BCUT2D eigenvalue weighted by molar-refractivity contribution is -0.389. The minimum Gasteiger partial charge on any atom is -0.481 e. The molecule has 0 aliphatic rings. The van der Waals surface area contributed by atoms with Crippen LogP contribution in [0.15, 0.2) is 6.07 Å². The van der Waals surface area contributed by atoms with Gasteiger partial charge in [0.1, 0.15) is 0 Å². The molecule has 0 aromatic carbocycles. The number of hydrogen-bond donors (Lipinski definition) is 1. The van der Waals surface area contributed by atoms with Crippen LogP contribution in [0.3, 0.4) is 0 Å². The number of hydrogen-bond acceptors (Lipinski definition) is 5. The number of pyridine rings is 1. The smallest absolute Gasteiger partial charge is 0.365 e. The third-order valence-corrected chi connectivity index (χ3v) is 1.98. The SMILES string of the molecule is N#Cc1cc([N+](=O)[O-])nc(C(F)F)c1CC(=O)O. The number of nitriles is 1. The van der Waals surface area contributed by atoms with Gasteiger partial charge in [-0.25, -0.2) is 8.78 Å². The number of halogens is 2. The van der Waals surface area contributed by atoms with Crippen LogP contribution in [0.4, 0.5) is 14.6 Å². The summed E-state index contributed by atoms with van der Waals surface area (Å²) in [4.78, 5) is 23.0. The summed E-state index contributed by atoms with van der Waals surface area (Å²) in [7, 11) is 0. The highest BCUT2D eigenvalue weighted by atomic mass is 19.3. The van der Waals surface area contributed by atoms with Crippen LogP contribution in [0.1, 0.15) is 23.2 Å².